The van der Waals surface area contributed by atoms with Crippen LogP contribution >= 0.6 is 11.3 Å². The van der Waals surface area contributed by atoms with Crippen LogP contribution in [-0.2, 0) is 6.54 Å². The molecule has 17 heavy (non-hydrogen) atoms. The van der Waals surface area contributed by atoms with Crippen LogP contribution in [0.1, 0.15) is 31.7 Å². The van der Waals surface area contributed by atoms with Gasteiger partial charge in [0.05, 0.1) is 6.54 Å². The zero-order valence-electron chi connectivity index (χ0n) is 10.9. The standard InChI is InChI=1S/C13H23N3S/c1-3-5-14-12-4-7-16(9-11(12)2)10-13-15-6-8-17-13/h6,8,11-12,14H,3-5,7,9-10H2,1-2H3. The maximum atomic E-state index is 4.37. The molecule has 1 aromatic rings. The highest BCUT2D eigenvalue weighted by Gasteiger charge is 2.25. The van der Waals surface area contributed by atoms with E-state index in [-0.39, 0.29) is 0 Å². The van der Waals surface area contributed by atoms with Gasteiger partial charge in [0, 0.05) is 30.7 Å². The van der Waals surface area contributed by atoms with Crippen molar-refractivity contribution in [2.75, 3.05) is 19.6 Å². The highest BCUT2D eigenvalue weighted by Crippen LogP contribution is 2.19. The van der Waals surface area contributed by atoms with Crippen LogP contribution in [0.3, 0.4) is 0 Å². The van der Waals surface area contributed by atoms with Gasteiger partial charge >= 0.3 is 0 Å². The van der Waals surface area contributed by atoms with E-state index in [1.165, 1.54) is 30.9 Å². The summed E-state index contributed by atoms with van der Waals surface area (Å²) in [6, 6.07) is 0.711. The van der Waals surface area contributed by atoms with Gasteiger partial charge in [-0.3, -0.25) is 4.90 Å². The molecule has 2 heterocycles. The van der Waals surface area contributed by atoms with Crippen LogP contribution in [0, 0.1) is 5.92 Å². The zero-order valence-corrected chi connectivity index (χ0v) is 11.7. The van der Waals surface area contributed by atoms with Crippen LogP contribution in [0.4, 0.5) is 0 Å². The van der Waals surface area contributed by atoms with E-state index in [0.29, 0.717) is 6.04 Å². The van der Waals surface area contributed by atoms with Crippen molar-refractivity contribution >= 4 is 11.3 Å². The van der Waals surface area contributed by atoms with Gasteiger partial charge in [-0.1, -0.05) is 13.8 Å². The van der Waals surface area contributed by atoms with Crippen molar-refractivity contribution in [1.29, 1.82) is 0 Å². The minimum atomic E-state index is 0.711. The Hall–Kier alpha value is -0.450. The van der Waals surface area contributed by atoms with Gasteiger partial charge in [-0.25, -0.2) is 4.98 Å². The molecule has 0 radical (unpaired) electrons. The number of nitrogens with one attached hydrogen (secondary N) is 1. The van der Waals surface area contributed by atoms with E-state index in [4.69, 9.17) is 0 Å². The van der Waals surface area contributed by atoms with Crippen molar-refractivity contribution in [3.05, 3.63) is 16.6 Å². The third kappa shape index (κ3) is 3.76. The summed E-state index contributed by atoms with van der Waals surface area (Å²) in [4.78, 5) is 6.90. The predicted octanol–water partition coefficient (Wildman–Crippen LogP) is 2.35. The first-order valence-electron chi connectivity index (χ1n) is 6.63. The molecular formula is C13H23N3S. The first kappa shape index (κ1) is 13.0. The van der Waals surface area contributed by atoms with Gasteiger partial charge in [-0.05, 0) is 25.3 Å². The van der Waals surface area contributed by atoms with Gasteiger partial charge in [0.1, 0.15) is 5.01 Å². The molecule has 3 nitrogen and oxygen atoms in total. The number of hydrogen-bond donors (Lipinski definition) is 1. The molecule has 1 fully saturated rings. The fourth-order valence-corrected chi connectivity index (χ4v) is 3.19. The SMILES string of the molecule is CCCNC1CCN(Cc2nccs2)CC1C. The van der Waals surface area contributed by atoms with Crippen LogP contribution in [-0.4, -0.2) is 35.6 Å². The summed E-state index contributed by atoms with van der Waals surface area (Å²) in [5, 5.41) is 6.97. The first-order valence-corrected chi connectivity index (χ1v) is 7.51. The fourth-order valence-electron chi connectivity index (χ4n) is 2.53. The molecule has 96 valence electrons. The van der Waals surface area contributed by atoms with Crippen LogP contribution < -0.4 is 5.32 Å². The van der Waals surface area contributed by atoms with Crippen molar-refractivity contribution < 1.29 is 0 Å². The lowest BCUT2D eigenvalue weighted by Gasteiger charge is -2.37. The summed E-state index contributed by atoms with van der Waals surface area (Å²) >= 11 is 1.76. The molecule has 2 atom stereocenters. The van der Waals surface area contributed by atoms with E-state index in [1.807, 2.05) is 6.20 Å². The first-order chi connectivity index (χ1) is 8.29. The number of piperidine rings is 1. The molecule has 0 amide bonds. The zero-order chi connectivity index (χ0) is 12.1. The Morgan fingerprint density at radius 2 is 2.47 bits per heavy atom. The van der Waals surface area contributed by atoms with E-state index >= 15 is 0 Å². The number of nitrogens with zero attached hydrogens (tertiary/aromatic N) is 2. The molecule has 0 aliphatic carbocycles. The summed E-state index contributed by atoms with van der Waals surface area (Å²) in [7, 11) is 0. The number of likely N-dealkylation sites (tertiary alicyclic amines) is 1. The molecule has 0 spiro atoms. The lowest BCUT2D eigenvalue weighted by molar-refractivity contribution is 0.141. The number of thiazole rings is 1. The second-order valence-corrected chi connectivity index (χ2v) is 5.97. The lowest BCUT2D eigenvalue weighted by Crippen LogP contribution is -2.48. The van der Waals surface area contributed by atoms with Crippen molar-refractivity contribution in [2.24, 2.45) is 5.92 Å². The average molecular weight is 253 g/mol. The van der Waals surface area contributed by atoms with Crippen molar-refractivity contribution in [1.82, 2.24) is 15.2 Å². The number of aromatic nitrogens is 1. The van der Waals surface area contributed by atoms with E-state index in [9.17, 15) is 0 Å². The van der Waals surface area contributed by atoms with Gasteiger partial charge in [-0.2, -0.15) is 0 Å². The lowest BCUT2D eigenvalue weighted by atomic mass is 9.94. The molecule has 1 aliphatic rings. The Morgan fingerprint density at radius 3 is 3.12 bits per heavy atom. The van der Waals surface area contributed by atoms with Gasteiger partial charge < -0.3 is 5.32 Å². The maximum absolute atomic E-state index is 4.37. The topological polar surface area (TPSA) is 28.2 Å². The summed E-state index contributed by atoms with van der Waals surface area (Å²) < 4.78 is 0. The Bertz CT molecular complexity index is 312. The van der Waals surface area contributed by atoms with Crippen LogP contribution in [0.5, 0.6) is 0 Å². The predicted molar refractivity (Wildman–Crippen MR) is 73.3 cm³/mol. The molecule has 1 N–H and O–H groups in total. The molecule has 1 aromatic heterocycles. The monoisotopic (exact) mass is 253 g/mol. The Morgan fingerprint density at radius 1 is 1.59 bits per heavy atom. The largest absolute Gasteiger partial charge is 0.314 e. The van der Waals surface area contributed by atoms with Gasteiger partial charge in [0.25, 0.3) is 0 Å². The third-order valence-corrected chi connectivity index (χ3v) is 4.25. The summed E-state index contributed by atoms with van der Waals surface area (Å²) in [6.07, 6.45) is 4.40. The highest BCUT2D eigenvalue weighted by atomic mass is 32.1. The molecule has 0 saturated carbocycles. The van der Waals surface area contributed by atoms with Gasteiger partial charge in [0.2, 0.25) is 0 Å². The average Bonchev–Trinajstić information content (AvgIpc) is 2.81. The highest BCUT2D eigenvalue weighted by molar-refractivity contribution is 7.09. The van der Waals surface area contributed by atoms with Crippen LogP contribution in [0.2, 0.25) is 0 Å². The van der Waals surface area contributed by atoms with Crippen molar-refractivity contribution in [3.8, 4) is 0 Å². The summed E-state index contributed by atoms with van der Waals surface area (Å²) in [5.74, 6) is 0.746. The molecule has 0 aromatic carbocycles. The van der Waals surface area contributed by atoms with Gasteiger partial charge in [-0.15, -0.1) is 11.3 Å². The third-order valence-electron chi connectivity index (χ3n) is 3.49. The molecular weight excluding hydrogens is 230 g/mol. The molecule has 4 heteroatoms. The quantitative estimate of drug-likeness (QED) is 0.873. The van der Waals surface area contributed by atoms with Crippen LogP contribution in [0.25, 0.3) is 0 Å². The number of hydrogen-bond acceptors (Lipinski definition) is 4. The van der Waals surface area contributed by atoms with E-state index < -0.39 is 0 Å². The molecule has 1 saturated heterocycles. The Balaban J connectivity index is 1.78. The summed E-state index contributed by atoms with van der Waals surface area (Å²) in [6.45, 7) is 9.17. The minimum Gasteiger partial charge on any atom is -0.314 e. The van der Waals surface area contributed by atoms with Crippen LogP contribution in [0.15, 0.2) is 11.6 Å². The second kappa shape index (κ2) is 6.47. The summed E-state index contributed by atoms with van der Waals surface area (Å²) in [5.41, 5.74) is 0. The van der Waals surface area contributed by atoms with E-state index in [2.05, 4.69) is 34.4 Å². The molecule has 2 unspecified atom stereocenters. The molecule has 0 bridgehead atoms. The van der Waals surface area contributed by atoms with Gasteiger partial charge in [0.15, 0.2) is 0 Å². The van der Waals surface area contributed by atoms with E-state index in [0.717, 1.165) is 19.0 Å². The normalized spacial score (nSPS) is 26.2. The van der Waals surface area contributed by atoms with E-state index in [1.54, 1.807) is 11.3 Å². The second-order valence-electron chi connectivity index (χ2n) is 4.99. The minimum absolute atomic E-state index is 0.711. The van der Waals surface area contributed by atoms with Crippen molar-refractivity contribution in [3.63, 3.8) is 0 Å². The maximum Gasteiger partial charge on any atom is 0.107 e. The molecule has 1 aliphatic heterocycles. The smallest absolute Gasteiger partial charge is 0.107 e. The fraction of sp³-hybridized carbons (Fsp3) is 0.769. The Kier molecular flexibility index (Phi) is 4.95. The molecule has 2 rings (SSSR count). The Labute approximate surface area is 108 Å². The van der Waals surface area contributed by atoms with Crippen molar-refractivity contribution in [2.45, 2.75) is 39.3 Å². The number of rotatable bonds is 5.